The molecule has 2 rings (SSSR count). The second-order valence-electron chi connectivity index (χ2n) is 6.24. The van der Waals surface area contributed by atoms with Crippen molar-refractivity contribution in [2.45, 2.75) is 19.8 Å². The zero-order valence-electron chi connectivity index (χ0n) is 13.3. The third-order valence-corrected chi connectivity index (χ3v) is 4.00. The SMILES string of the molecule is CC(C)c1ccc(N2CCN(CCN(C)C)CC2)nc1. The van der Waals surface area contributed by atoms with Crippen molar-refractivity contribution < 1.29 is 0 Å². The predicted molar refractivity (Wildman–Crippen MR) is 85.5 cm³/mol. The van der Waals surface area contributed by atoms with Crippen LogP contribution in [0.25, 0.3) is 0 Å². The summed E-state index contributed by atoms with van der Waals surface area (Å²) in [6, 6.07) is 4.39. The first kappa shape index (κ1) is 15.3. The molecule has 0 N–H and O–H groups in total. The highest BCUT2D eigenvalue weighted by atomic mass is 15.3. The Balaban J connectivity index is 1.84. The van der Waals surface area contributed by atoms with Crippen molar-refractivity contribution in [3.8, 4) is 0 Å². The number of anilines is 1. The summed E-state index contributed by atoms with van der Waals surface area (Å²) in [5.74, 6) is 1.68. The van der Waals surface area contributed by atoms with Crippen LogP contribution >= 0.6 is 0 Å². The molecule has 1 aliphatic heterocycles. The first-order chi connectivity index (χ1) is 9.56. The van der Waals surface area contributed by atoms with Crippen LogP contribution in [0.5, 0.6) is 0 Å². The van der Waals surface area contributed by atoms with Gasteiger partial charge in [0.05, 0.1) is 0 Å². The minimum absolute atomic E-state index is 0.555. The lowest BCUT2D eigenvalue weighted by atomic mass is 10.1. The smallest absolute Gasteiger partial charge is 0.128 e. The molecule has 0 radical (unpaired) electrons. The Morgan fingerprint density at radius 2 is 1.85 bits per heavy atom. The number of hydrogen-bond acceptors (Lipinski definition) is 4. The molecule has 0 spiro atoms. The van der Waals surface area contributed by atoms with Gasteiger partial charge in [0.25, 0.3) is 0 Å². The minimum Gasteiger partial charge on any atom is -0.354 e. The molecule has 0 aromatic carbocycles. The normalized spacial score (nSPS) is 17.2. The van der Waals surface area contributed by atoms with Gasteiger partial charge in [-0.2, -0.15) is 0 Å². The lowest BCUT2D eigenvalue weighted by Crippen LogP contribution is -2.48. The highest BCUT2D eigenvalue weighted by Crippen LogP contribution is 2.18. The van der Waals surface area contributed by atoms with Crippen LogP contribution in [0.4, 0.5) is 5.82 Å². The molecule has 0 bridgehead atoms. The van der Waals surface area contributed by atoms with Crippen molar-refractivity contribution in [2.75, 3.05) is 58.3 Å². The van der Waals surface area contributed by atoms with E-state index in [9.17, 15) is 0 Å². The molecule has 2 heterocycles. The van der Waals surface area contributed by atoms with Crippen molar-refractivity contribution in [2.24, 2.45) is 0 Å². The number of aromatic nitrogens is 1. The largest absolute Gasteiger partial charge is 0.354 e. The fraction of sp³-hybridized carbons (Fsp3) is 0.688. The maximum Gasteiger partial charge on any atom is 0.128 e. The number of hydrogen-bond donors (Lipinski definition) is 0. The van der Waals surface area contributed by atoms with Crippen LogP contribution in [0.1, 0.15) is 25.3 Å². The topological polar surface area (TPSA) is 22.6 Å². The van der Waals surface area contributed by atoms with E-state index in [1.165, 1.54) is 12.1 Å². The molecule has 0 aliphatic carbocycles. The fourth-order valence-corrected chi connectivity index (χ4v) is 2.47. The number of pyridine rings is 1. The quantitative estimate of drug-likeness (QED) is 0.819. The van der Waals surface area contributed by atoms with Gasteiger partial charge in [-0.3, -0.25) is 4.90 Å². The van der Waals surface area contributed by atoms with Gasteiger partial charge in [0.1, 0.15) is 5.82 Å². The van der Waals surface area contributed by atoms with Gasteiger partial charge >= 0.3 is 0 Å². The number of likely N-dealkylation sites (N-methyl/N-ethyl adjacent to an activating group) is 1. The molecule has 0 unspecified atom stereocenters. The van der Waals surface area contributed by atoms with Gasteiger partial charge in [-0.15, -0.1) is 0 Å². The van der Waals surface area contributed by atoms with E-state index < -0.39 is 0 Å². The Labute approximate surface area is 123 Å². The molecule has 1 saturated heterocycles. The lowest BCUT2D eigenvalue weighted by Gasteiger charge is -2.35. The van der Waals surface area contributed by atoms with E-state index in [-0.39, 0.29) is 0 Å². The van der Waals surface area contributed by atoms with Crippen LogP contribution in [0.3, 0.4) is 0 Å². The second kappa shape index (κ2) is 7.04. The van der Waals surface area contributed by atoms with Gasteiger partial charge in [-0.05, 0) is 31.6 Å². The summed E-state index contributed by atoms with van der Waals surface area (Å²) in [4.78, 5) is 11.8. The van der Waals surface area contributed by atoms with Gasteiger partial charge in [-0.1, -0.05) is 19.9 Å². The second-order valence-corrected chi connectivity index (χ2v) is 6.24. The van der Waals surface area contributed by atoms with Crippen LogP contribution in [0.15, 0.2) is 18.3 Å². The van der Waals surface area contributed by atoms with Crippen molar-refractivity contribution in [3.63, 3.8) is 0 Å². The standard InChI is InChI=1S/C16H28N4/c1-14(2)15-5-6-16(17-13-15)20-11-9-19(10-12-20)8-7-18(3)4/h5-6,13-14H,7-12H2,1-4H3. The highest BCUT2D eigenvalue weighted by molar-refractivity contribution is 5.40. The van der Waals surface area contributed by atoms with Gasteiger partial charge in [-0.25, -0.2) is 4.98 Å². The molecule has 0 atom stereocenters. The molecule has 0 amide bonds. The van der Waals surface area contributed by atoms with E-state index >= 15 is 0 Å². The van der Waals surface area contributed by atoms with Crippen molar-refractivity contribution in [1.29, 1.82) is 0 Å². The van der Waals surface area contributed by atoms with Crippen molar-refractivity contribution in [3.05, 3.63) is 23.9 Å². The minimum atomic E-state index is 0.555. The summed E-state index contributed by atoms with van der Waals surface area (Å²) < 4.78 is 0. The number of piperazine rings is 1. The Hall–Kier alpha value is -1.13. The van der Waals surface area contributed by atoms with Crippen molar-refractivity contribution in [1.82, 2.24) is 14.8 Å². The Morgan fingerprint density at radius 1 is 1.15 bits per heavy atom. The number of nitrogens with zero attached hydrogens (tertiary/aromatic N) is 4. The number of rotatable bonds is 5. The Morgan fingerprint density at radius 3 is 2.35 bits per heavy atom. The van der Waals surface area contributed by atoms with Crippen molar-refractivity contribution >= 4 is 5.82 Å². The van der Waals surface area contributed by atoms with Crippen LogP contribution in [-0.2, 0) is 0 Å². The Bertz CT molecular complexity index is 391. The molecule has 1 aliphatic rings. The van der Waals surface area contributed by atoms with Gasteiger partial charge in [0.2, 0.25) is 0 Å². The maximum atomic E-state index is 4.62. The van der Waals surface area contributed by atoms with E-state index in [1.807, 2.05) is 6.20 Å². The first-order valence-corrected chi connectivity index (χ1v) is 7.64. The average Bonchev–Trinajstić information content (AvgIpc) is 2.46. The highest BCUT2D eigenvalue weighted by Gasteiger charge is 2.17. The Kier molecular flexibility index (Phi) is 5.38. The maximum absolute atomic E-state index is 4.62. The van der Waals surface area contributed by atoms with Crippen LogP contribution < -0.4 is 4.90 Å². The first-order valence-electron chi connectivity index (χ1n) is 7.64. The molecule has 4 nitrogen and oxygen atoms in total. The molecule has 4 heteroatoms. The zero-order valence-corrected chi connectivity index (χ0v) is 13.3. The summed E-state index contributed by atoms with van der Waals surface area (Å²) in [5, 5.41) is 0. The zero-order chi connectivity index (χ0) is 14.5. The van der Waals surface area contributed by atoms with E-state index in [1.54, 1.807) is 0 Å². The summed E-state index contributed by atoms with van der Waals surface area (Å²) in [6.45, 7) is 11.2. The molecular weight excluding hydrogens is 248 g/mol. The molecule has 1 aromatic heterocycles. The van der Waals surface area contributed by atoms with Gasteiger partial charge < -0.3 is 9.80 Å². The average molecular weight is 276 g/mol. The van der Waals surface area contributed by atoms with E-state index in [2.05, 4.69) is 59.8 Å². The molecule has 1 fully saturated rings. The van der Waals surface area contributed by atoms with E-state index in [0.29, 0.717) is 5.92 Å². The summed E-state index contributed by atoms with van der Waals surface area (Å²) >= 11 is 0. The third-order valence-electron chi connectivity index (χ3n) is 4.00. The van der Waals surface area contributed by atoms with Crippen LogP contribution in [0, 0.1) is 0 Å². The van der Waals surface area contributed by atoms with Gasteiger partial charge in [0.15, 0.2) is 0 Å². The van der Waals surface area contributed by atoms with E-state index in [4.69, 9.17) is 0 Å². The summed E-state index contributed by atoms with van der Waals surface area (Å²) in [6.07, 6.45) is 2.03. The monoisotopic (exact) mass is 276 g/mol. The lowest BCUT2D eigenvalue weighted by molar-refractivity contribution is 0.229. The summed E-state index contributed by atoms with van der Waals surface area (Å²) in [7, 11) is 4.27. The van der Waals surface area contributed by atoms with Gasteiger partial charge in [0, 0.05) is 45.5 Å². The molecule has 0 saturated carbocycles. The summed E-state index contributed by atoms with van der Waals surface area (Å²) in [5.41, 5.74) is 1.32. The van der Waals surface area contributed by atoms with E-state index in [0.717, 1.165) is 38.5 Å². The molecule has 1 aromatic rings. The molecule has 20 heavy (non-hydrogen) atoms. The molecule has 112 valence electrons. The van der Waals surface area contributed by atoms with Crippen LogP contribution in [-0.4, -0.2) is 68.1 Å². The molecular formula is C16H28N4. The predicted octanol–water partition coefficient (Wildman–Crippen LogP) is 1.89. The third kappa shape index (κ3) is 4.18. The van der Waals surface area contributed by atoms with Crippen LogP contribution in [0.2, 0.25) is 0 Å². The fourth-order valence-electron chi connectivity index (χ4n) is 2.47.